The van der Waals surface area contributed by atoms with Crippen LogP contribution in [0.25, 0.3) is 0 Å². The molecule has 1 amide bonds. The van der Waals surface area contributed by atoms with Crippen LogP contribution in [0.3, 0.4) is 0 Å². The number of hydrogen-bond acceptors (Lipinski definition) is 4. The highest BCUT2D eigenvalue weighted by Crippen LogP contribution is 2.32. The van der Waals surface area contributed by atoms with Crippen LogP contribution in [0.5, 0.6) is 11.5 Å². The molecule has 0 aliphatic carbocycles. The number of carbonyl (C=O) groups is 1. The van der Waals surface area contributed by atoms with E-state index < -0.39 is 0 Å². The summed E-state index contributed by atoms with van der Waals surface area (Å²) in [5.41, 5.74) is 2.03. The largest absolute Gasteiger partial charge is 0.454 e. The Morgan fingerprint density at radius 1 is 1.21 bits per heavy atom. The van der Waals surface area contributed by atoms with Gasteiger partial charge in [0.05, 0.1) is 6.54 Å². The summed E-state index contributed by atoms with van der Waals surface area (Å²) in [4.78, 5) is 13.9. The first-order valence-electron chi connectivity index (χ1n) is 7.64. The summed E-state index contributed by atoms with van der Waals surface area (Å²) in [6.07, 6.45) is 0. The summed E-state index contributed by atoms with van der Waals surface area (Å²) in [6.45, 7) is 2.71. The molecule has 126 valence electrons. The van der Waals surface area contributed by atoms with Gasteiger partial charge in [-0.2, -0.15) is 0 Å². The molecule has 0 atom stereocenters. The van der Waals surface area contributed by atoms with Crippen LogP contribution in [0, 0.1) is 12.7 Å². The molecular weight excluding hydrogens is 311 g/mol. The smallest absolute Gasteiger partial charge is 0.238 e. The number of amides is 1. The van der Waals surface area contributed by atoms with Gasteiger partial charge >= 0.3 is 0 Å². The third-order valence-corrected chi connectivity index (χ3v) is 3.76. The van der Waals surface area contributed by atoms with Gasteiger partial charge in [-0.1, -0.05) is 12.1 Å². The molecule has 0 saturated carbocycles. The molecule has 24 heavy (non-hydrogen) atoms. The minimum Gasteiger partial charge on any atom is -0.454 e. The Morgan fingerprint density at radius 3 is 2.79 bits per heavy atom. The molecule has 1 heterocycles. The molecule has 1 aliphatic heterocycles. The minimum atomic E-state index is -0.332. The van der Waals surface area contributed by atoms with E-state index in [2.05, 4.69) is 5.32 Å². The molecule has 0 radical (unpaired) electrons. The second-order valence-corrected chi connectivity index (χ2v) is 5.87. The molecule has 2 aromatic carbocycles. The van der Waals surface area contributed by atoms with Gasteiger partial charge in [-0.05, 0) is 49.4 Å². The van der Waals surface area contributed by atoms with Crippen molar-refractivity contribution in [1.82, 2.24) is 4.90 Å². The monoisotopic (exact) mass is 330 g/mol. The van der Waals surface area contributed by atoms with Crippen molar-refractivity contribution in [2.75, 3.05) is 25.7 Å². The van der Waals surface area contributed by atoms with Crippen molar-refractivity contribution in [3.8, 4) is 11.5 Å². The molecule has 0 aromatic heterocycles. The normalized spacial score (nSPS) is 12.5. The molecule has 0 saturated heterocycles. The topological polar surface area (TPSA) is 50.8 Å². The lowest BCUT2D eigenvalue weighted by atomic mass is 10.2. The van der Waals surface area contributed by atoms with E-state index in [1.165, 1.54) is 6.07 Å². The van der Waals surface area contributed by atoms with Gasteiger partial charge in [-0.15, -0.1) is 0 Å². The number of halogens is 1. The Morgan fingerprint density at radius 2 is 2.00 bits per heavy atom. The highest BCUT2D eigenvalue weighted by atomic mass is 19.1. The average Bonchev–Trinajstić information content (AvgIpc) is 2.98. The van der Waals surface area contributed by atoms with Crippen LogP contribution >= 0.6 is 0 Å². The van der Waals surface area contributed by atoms with Crippen molar-refractivity contribution in [2.45, 2.75) is 13.5 Å². The predicted octanol–water partition coefficient (Wildman–Crippen LogP) is 2.93. The molecule has 1 aliphatic rings. The second-order valence-electron chi connectivity index (χ2n) is 5.87. The Hall–Kier alpha value is -2.60. The van der Waals surface area contributed by atoms with E-state index in [-0.39, 0.29) is 25.1 Å². The van der Waals surface area contributed by atoms with Crippen LogP contribution in [0.2, 0.25) is 0 Å². The van der Waals surface area contributed by atoms with Crippen LogP contribution in [0.1, 0.15) is 11.1 Å². The molecular formula is C18H19FN2O3. The van der Waals surface area contributed by atoms with E-state index in [1.54, 1.807) is 19.1 Å². The Balaban J connectivity index is 1.55. The number of anilines is 1. The molecule has 6 heteroatoms. The minimum absolute atomic E-state index is 0.193. The summed E-state index contributed by atoms with van der Waals surface area (Å²) in [5.74, 6) is 0.934. The summed E-state index contributed by atoms with van der Waals surface area (Å²) in [6, 6.07) is 10.4. The predicted molar refractivity (Wildman–Crippen MR) is 88.7 cm³/mol. The lowest BCUT2D eigenvalue weighted by Crippen LogP contribution is -2.29. The molecule has 2 aromatic rings. The van der Waals surface area contributed by atoms with E-state index in [1.807, 2.05) is 30.1 Å². The molecule has 3 rings (SSSR count). The van der Waals surface area contributed by atoms with Gasteiger partial charge in [0.15, 0.2) is 11.5 Å². The first-order valence-corrected chi connectivity index (χ1v) is 7.64. The summed E-state index contributed by atoms with van der Waals surface area (Å²) < 4.78 is 24.1. The van der Waals surface area contributed by atoms with Gasteiger partial charge in [0, 0.05) is 12.2 Å². The molecule has 1 N–H and O–H groups in total. The number of fused-ring (bicyclic) bond motifs is 1. The van der Waals surface area contributed by atoms with Crippen LogP contribution in [-0.4, -0.2) is 31.2 Å². The number of likely N-dealkylation sites (N-methyl/N-ethyl adjacent to an activating group) is 1. The third-order valence-electron chi connectivity index (χ3n) is 3.76. The van der Waals surface area contributed by atoms with Crippen molar-refractivity contribution >= 4 is 11.6 Å². The van der Waals surface area contributed by atoms with E-state index in [0.29, 0.717) is 17.8 Å². The van der Waals surface area contributed by atoms with E-state index in [9.17, 15) is 9.18 Å². The fourth-order valence-electron chi connectivity index (χ4n) is 2.52. The number of nitrogens with zero attached hydrogens (tertiary/aromatic N) is 1. The van der Waals surface area contributed by atoms with Crippen LogP contribution < -0.4 is 14.8 Å². The number of benzene rings is 2. The maximum Gasteiger partial charge on any atom is 0.238 e. The van der Waals surface area contributed by atoms with E-state index in [0.717, 1.165) is 17.1 Å². The van der Waals surface area contributed by atoms with Gasteiger partial charge in [0.25, 0.3) is 0 Å². The molecule has 0 bridgehead atoms. The fourth-order valence-corrected chi connectivity index (χ4v) is 2.52. The number of nitrogens with one attached hydrogen (secondary N) is 1. The van der Waals surface area contributed by atoms with Crippen molar-refractivity contribution in [3.05, 3.63) is 53.3 Å². The lowest BCUT2D eigenvalue weighted by Gasteiger charge is -2.16. The number of aryl methyl sites for hydroxylation is 1. The summed E-state index contributed by atoms with van der Waals surface area (Å²) in [5, 5.41) is 2.70. The average molecular weight is 330 g/mol. The molecule has 0 unspecified atom stereocenters. The number of rotatable bonds is 5. The standard InChI is InChI=1S/C18H19FN2O3/c1-12-3-5-14(8-15(12)19)20-18(22)10-21(2)9-13-4-6-16-17(7-13)24-11-23-16/h3-8H,9-11H2,1-2H3,(H,20,22). The van der Waals surface area contributed by atoms with Crippen LogP contribution in [0.15, 0.2) is 36.4 Å². The summed E-state index contributed by atoms with van der Waals surface area (Å²) in [7, 11) is 1.85. The van der Waals surface area contributed by atoms with Crippen molar-refractivity contribution in [1.29, 1.82) is 0 Å². The van der Waals surface area contributed by atoms with Crippen LogP contribution in [0.4, 0.5) is 10.1 Å². The fraction of sp³-hybridized carbons (Fsp3) is 0.278. The quantitative estimate of drug-likeness (QED) is 0.916. The van der Waals surface area contributed by atoms with E-state index in [4.69, 9.17) is 9.47 Å². The molecule has 5 nitrogen and oxygen atoms in total. The zero-order valence-electron chi connectivity index (χ0n) is 13.6. The highest BCUT2D eigenvalue weighted by molar-refractivity contribution is 5.92. The van der Waals surface area contributed by atoms with E-state index >= 15 is 0 Å². The van der Waals surface area contributed by atoms with Crippen molar-refractivity contribution < 1.29 is 18.7 Å². The van der Waals surface area contributed by atoms with Crippen molar-refractivity contribution in [3.63, 3.8) is 0 Å². The first-order chi connectivity index (χ1) is 11.5. The lowest BCUT2D eigenvalue weighted by molar-refractivity contribution is -0.117. The van der Waals surface area contributed by atoms with Gasteiger partial charge in [0.2, 0.25) is 12.7 Å². The Labute approximate surface area is 140 Å². The highest BCUT2D eigenvalue weighted by Gasteiger charge is 2.14. The van der Waals surface area contributed by atoms with Gasteiger partial charge in [-0.3, -0.25) is 9.69 Å². The summed E-state index contributed by atoms with van der Waals surface area (Å²) >= 11 is 0. The second kappa shape index (κ2) is 6.88. The zero-order valence-corrected chi connectivity index (χ0v) is 13.6. The van der Waals surface area contributed by atoms with Crippen LogP contribution in [-0.2, 0) is 11.3 Å². The zero-order chi connectivity index (χ0) is 17.1. The third kappa shape index (κ3) is 3.83. The number of carbonyl (C=O) groups excluding carboxylic acids is 1. The van der Waals surface area contributed by atoms with Gasteiger partial charge < -0.3 is 14.8 Å². The van der Waals surface area contributed by atoms with Crippen molar-refractivity contribution in [2.24, 2.45) is 0 Å². The SMILES string of the molecule is Cc1ccc(NC(=O)CN(C)Cc2ccc3c(c2)OCO3)cc1F. The number of ether oxygens (including phenoxy) is 2. The molecule has 0 spiro atoms. The maximum atomic E-state index is 13.5. The Bertz CT molecular complexity index is 764. The maximum absolute atomic E-state index is 13.5. The first kappa shape index (κ1) is 16.3. The van der Waals surface area contributed by atoms with Gasteiger partial charge in [-0.25, -0.2) is 4.39 Å². The molecule has 0 fully saturated rings. The van der Waals surface area contributed by atoms with Gasteiger partial charge in [0.1, 0.15) is 5.82 Å². The number of hydrogen-bond donors (Lipinski definition) is 1. The Kier molecular flexibility index (Phi) is 4.66.